The van der Waals surface area contributed by atoms with Crippen LogP contribution in [0.3, 0.4) is 0 Å². The summed E-state index contributed by atoms with van der Waals surface area (Å²) in [5, 5.41) is 2.57. The molecule has 2 rings (SSSR count). The third-order valence-electron chi connectivity index (χ3n) is 2.26. The molecule has 1 aliphatic heterocycles. The molecule has 1 aliphatic rings. The fourth-order valence-electron chi connectivity index (χ4n) is 1.53. The third-order valence-corrected chi connectivity index (χ3v) is 3.55. The molecule has 0 bridgehead atoms. The van der Waals surface area contributed by atoms with Gasteiger partial charge in [-0.25, -0.2) is 0 Å². The normalized spacial score (nSPS) is 15.8. The fraction of sp³-hybridized carbons (Fsp3) is 0.375. The second-order valence-electron chi connectivity index (χ2n) is 3.42. The summed E-state index contributed by atoms with van der Waals surface area (Å²) in [5.74, 6) is -0.384. The molecule has 0 spiro atoms. The van der Waals surface area contributed by atoms with Gasteiger partial charge < -0.3 is 18.3 Å². The summed E-state index contributed by atoms with van der Waals surface area (Å²) in [7, 11) is 0. The van der Waals surface area contributed by atoms with Crippen molar-refractivity contribution >= 4 is 29.0 Å². The van der Waals surface area contributed by atoms with E-state index in [1.54, 1.807) is 0 Å². The van der Waals surface area contributed by atoms with E-state index in [4.69, 9.17) is 0 Å². The van der Waals surface area contributed by atoms with Crippen LogP contribution in [-0.4, -0.2) is 19.4 Å². The molecule has 0 aromatic carbocycles. The molecule has 1 N–H and O–H groups in total. The molecule has 0 saturated carbocycles. The van der Waals surface area contributed by atoms with Crippen molar-refractivity contribution in [1.29, 1.82) is 0 Å². The molecule has 0 saturated heterocycles. The largest absolute Gasteiger partial charge is 1.00 e. The van der Waals surface area contributed by atoms with E-state index in [0.29, 0.717) is 35.6 Å². The number of hydrogen-bond donors (Lipinski definition) is 1. The van der Waals surface area contributed by atoms with E-state index in [9.17, 15) is 17.7 Å². The van der Waals surface area contributed by atoms with Gasteiger partial charge in [0.25, 0.3) is 5.91 Å². The summed E-state index contributed by atoms with van der Waals surface area (Å²) < 4.78 is 36.7. The van der Waals surface area contributed by atoms with Crippen molar-refractivity contribution in [2.24, 2.45) is 0 Å². The minimum atomic E-state index is -4.98. The maximum atomic E-state index is 12.4. The van der Waals surface area contributed by atoms with Crippen LogP contribution in [0, 0.1) is 0 Å². The third kappa shape index (κ3) is 3.11. The first-order chi connectivity index (χ1) is 6.98. The topological polar surface area (TPSA) is 29.1 Å². The zero-order chi connectivity index (χ0) is 11.1. The van der Waals surface area contributed by atoms with Crippen LogP contribution in [-0.2, 0) is 6.42 Å². The average molecular weight is 273 g/mol. The van der Waals surface area contributed by atoms with Crippen LogP contribution in [0.1, 0.15) is 21.7 Å². The first kappa shape index (κ1) is 14.7. The van der Waals surface area contributed by atoms with E-state index in [-0.39, 0.29) is 62.9 Å². The molecule has 2 nitrogen and oxygen atoms in total. The first-order valence-electron chi connectivity index (χ1n) is 4.59. The Morgan fingerprint density at radius 1 is 1.38 bits per heavy atom. The Labute approximate surface area is 137 Å². The van der Waals surface area contributed by atoms with Gasteiger partial charge in [0.1, 0.15) is 0 Å². The van der Waals surface area contributed by atoms with Gasteiger partial charge in [-0.15, -0.1) is 0 Å². The Kier molecular flexibility index (Phi) is 5.09. The van der Waals surface area contributed by atoms with Crippen molar-refractivity contribution in [2.75, 3.05) is 6.54 Å². The number of thiophene rings is 1. The maximum Gasteiger partial charge on any atom is 1.00 e. The predicted molar refractivity (Wildman–Crippen MR) is 53.7 cm³/mol. The number of aryl methyl sites for hydroxylation is 1. The van der Waals surface area contributed by atoms with Gasteiger partial charge in [0.15, 0.2) is 0 Å². The Hall–Kier alpha value is 0.661. The minimum Gasteiger partial charge on any atom is -0.444 e. The molecule has 0 radical (unpaired) electrons. The summed E-state index contributed by atoms with van der Waals surface area (Å²) in [4.78, 5) is 11.9. The minimum absolute atomic E-state index is 0. The van der Waals surface area contributed by atoms with E-state index in [1.165, 1.54) is 0 Å². The van der Waals surface area contributed by atoms with E-state index in [0.717, 1.165) is 6.07 Å². The van der Waals surface area contributed by atoms with E-state index < -0.39 is 11.8 Å². The summed E-state index contributed by atoms with van der Waals surface area (Å²) >= 11 is 0.701. The average Bonchev–Trinajstić information content (AvgIpc) is 2.49. The summed E-state index contributed by atoms with van der Waals surface area (Å²) in [6.45, 7) is -4.45. The smallest absolute Gasteiger partial charge is 0.444 e. The molecular weight excluding hydrogens is 265 g/mol. The maximum absolute atomic E-state index is 12.4. The zero-order valence-electron chi connectivity index (χ0n) is 8.73. The molecule has 1 aromatic heterocycles. The summed E-state index contributed by atoms with van der Waals surface area (Å²) in [5.41, 5.74) is 0.201. The van der Waals surface area contributed by atoms with Crippen LogP contribution < -0.4 is 61.5 Å². The molecule has 82 valence electrons. The molecular formula is C8H8BF3KNOS. The van der Waals surface area contributed by atoms with Crippen molar-refractivity contribution in [3.63, 3.8) is 0 Å². The van der Waals surface area contributed by atoms with Gasteiger partial charge in [-0.1, -0.05) is 10.8 Å². The summed E-state index contributed by atoms with van der Waals surface area (Å²) in [6.07, 6.45) is 1.24. The quantitative estimate of drug-likeness (QED) is 0.619. The number of amides is 1. The Bertz CT molecular complexity index is 406. The van der Waals surface area contributed by atoms with Crippen LogP contribution in [0.2, 0.25) is 0 Å². The Balaban J connectivity index is 0.00000128. The summed E-state index contributed by atoms with van der Waals surface area (Å²) in [6, 6.07) is 0.973. The van der Waals surface area contributed by atoms with Gasteiger partial charge in [-0.2, -0.15) is 11.3 Å². The molecule has 0 atom stereocenters. The van der Waals surface area contributed by atoms with E-state index in [1.807, 2.05) is 0 Å². The van der Waals surface area contributed by atoms with Gasteiger partial charge in [0.05, 0.1) is 5.56 Å². The molecule has 2 heterocycles. The van der Waals surface area contributed by atoms with Crippen LogP contribution in [0.5, 0.6) is 0 Å². The van der Waals surface area contributed by atoms with Crippen molar-refractivity contribution in [2.45, 2.75) is 12.8 Å². The van der Waals surface area contributed by atoms with Gasteiger partial charge >= 0.3 is 58.4 Å². The molecule has 0 fully saturated rings. The predicted octanol–water partition coefficient (Wildman–Crippen LogP) is -1.52. The molecule has 1 aromatic rings. The molecule has 0 aliphatic carbocycles. The molecule has 16 heavy (non-hydrogen) atoms. The number of rotatable bonds is 1. The van der Waals surface area contributed by atoms with Crippen molar-refractivity contribution < 1.29 is 69.1 Å². The van der Waals surface area contributed by atoms with Gasteiger partial charge in [0, 0.05) is 11.4 Å². The number of hydrogen-bond acceptors (Lipinski definition) is 2. The number of carbonyl (C=O) groups excluding carboxylic acids is 1. The monoisotopic (exact) mass is 273 g/mol. The van der Waals surface area contributed by atoms with Crippen molar-refractivity contribution in [1.82, 2.24) is 5.32 Å². The number of halogens is 3. The van der Waals surface area contributed by atoms with Crippen LogP contribution in [0.4, 0.5) is 12.9 Å². The SMILES string of the molecule is O=C1NCCCc2sc([B-](F)(F)F)cc21.[K+]. The second kappa shape index (κ2) is 5.54. The second-order valence-corrected chi connectivity index (χ2v) is 4.59. The van der Waals surface area contributed by atoms with Gasteiger partial charge in [-0.05, 0) is 12.8 Å². The van der Waals surface area contributed by atoms with Crippen LogP contribution >= 0.6 is 11.3 Å². The van der Waals surface area contributed by atoms with Gasteiger partial charge in [0.2, 0.25) is 0 Å². The van der Waals surface area contributed by atoms with Crippen molar-refractivity contribution in [3.8, 4) is 0 Å². The van der Waals surface area contributed by atoms with Crippen LogP contribution in [0.25, 0.3) is 0 Å². The Morgan fingerprint density at radius 3 is 2.69 bits per heavy atom. The molecule has 0 unspecified atom stereocenters. The van der Waals surface area contributed by atoms with E-state index >= 15 is 0 Å². The fourth-order valence-corrected chi connectivity index (χ4v) is 2.64. The Morgan fingerprint density at radius 2 is 2.06 bits per heavy atom. The molecule has 8 heteroatoms. The number of fused-ring (bicyclic) bond motifs is 1. The number of nitrogens with one attached hydrogen (secondary N) is 1. The zero-order valence-corrected chi connectivity index (χ0v) is 12.7. The number of carbonyl (C=O) groups is 1. The van der Waals surface area contributed by atoms with E-state index in [2.05, 4.69) is 5.32 Å². The van der Waals surface area contributed by atoms with Crippen molar-refractivity contribution in [3.05, 3.63) is 16.5 Å². The first-order valence-corrected chi connectivity index (χ1v) is 5.41. The standard InChI is InChI=1S/C8H8BF3NOS.K/c10-9(11,12)7-4-5-6(15-7)2-1-3-13-8(5)14;/h4H,1-3H2,(H,13,14);/q-1;+1. The molecule has 1 amide bonds. The van der Waals surface area contributed by atoms with Crippen LogP contribution in [0.15, 0.2) is 6.07 Å². The van der Waals surface area contributed by atoms with Gasteiger partial charge in [-0.3, -0.25) is 4.79 Å².